The topological polar surface area (TPSA) is 26.3 Å². The standard InChI is InChI=1S/C29H23O2S/c1-3-29(2,24-13-7-4-8-14-24)31-28(30)23-19-21-27(22-20-23)32(25-15-9-5-10-16-25)26-17-11-6-12-18-26/h1,4-22H,2H3/q+1. The molecule has 32 heavy (non-hydrogen) atoms. The van der Waals surface area contributed by atoms with Gasteiger partial charge in [-0.2, -0.15) is 0 Å². The van der Waals surface area contributed by atoms with Gasteiger partial charge < -0.3 is 4.74 Å². The first kappa shape index (κ1) is 21.5. The molecule has 1 atom stereocenters. The molecule has 156 valence electrons. The lowest BCUT2D eigenvalue weighted by Crippen LogP contribution is -2.27. The maximum absolute atomic E-state index is 12.9. The first-order chi connectivity index (χ1) is 15.6. The second-order valence-corrected chi connectivity index (χ2v) is 9.42. The van der Waals surface area contributed by atoms with Crippen molar-refractivity contribution in [2.45, 2.75) is 27.2 Å². The van der Waals surface area contributed by atoms with Gasteiger partial charge in [0.1, 0.15) is 0 Å². The van der Waals surface area contributed by atoms with E-state index in [1.807, 2.05) is 91.0 Å². The number of terminal acetylenes is 1. The second-order valence-electron chi connectivity index (χ2n) is 7.39. The van der Waals surface area contributed by atoms with Crippen molar-refractivity contribution in [3.05, 3.63) is 126 Å². The first-order valence-corrected chi connectivity index (χ1v) is 11.5. The summed E-state index contributed by atoms with van der Waals surface area (Å²) in [5.74, 6) is 2.18. The van der Waals surface area contributed by atoms with E-state index < -0.39 is 11.6 Å². The summed E-state index contributed by atoms with van der Waals surface area (Å²) in [4.78, 5) is 16.5. The van der Waals surface area contributed by atoms with E-state index in [4.69, 9.17) is 11.2 Å². The van der Waals surface area contributed by atoms with Crippen LogP contribution in [0.3, 0.4) is 0 Å². The molecule has 0 aromatic heterocycles. The number of esters is 1. The third kappa shape index (κ3) is 4.61. The highest BCUT2D eigenvalue weighted by Crippen LogP contribution is 2.31. The first-order valence-electron chi connectivity index (χ1n) is 10.3. The fourth-order valence-electron chi connectivity index (χ4n) is 3.42. The lowest BCUT2D eigenvalue weighted by molar-refractivity contribution is 0.0129. The maximum atomic E-state index is 12.9. The predicted octanol–water partition coefficient (Wildman–Crippen LogP) is 6.49. The average molecular weight is 436 g/mol. The Balaban J connectivity index is 1.61. The number of carbonyl (C=O) groups is 1. The quantitative estimate of drug-likeness (QED) is 0.197. The molecule has 4 rings (SSSR count). The fourth-order valence-corrected chi connectivity index (χ4v) is 5.50. The van der Waals surface area contributed by atoms with Crippen molar-refractivity contribution in [2.24, 2.45) is 0 Å². The van der Waals surface area contributed by atoms with Crippen molar-refractivity contribution >= 4 is 16.9 Å². The molecular weight excluding hydrogens is 412 g/mol. The Morgan fingerprint density at radius 2 is 1.16 bits per heavy atom. The van der Waals surface area contributed by atoms with Crippen LogP contribution in [0.4, 0.5) is 0 Å². The van der Waals surface area contributed by atoms with Crippen molar-refractivity contribution < 1.29 is 9.53 Å². The van der Waals surface area contributed by atoms with Gasteiger partial charge >= 0.3 is 5.97 Å². The second kappa shape index (κ2) is 9.60. The Kier molecular flexibility index (Phi) is 6.44. The van der Waals surface area contributed by atoms with Crippen molar-refractivity contribution in [3.63, 3.8) is 0 Å². The molecule has 1 unspecified atom stereocenters. The SMILES string of the molecule is C#CC(C)(OC(=O)c1ccc([S+](c2ccccc2)c2ccccc2)cc1)c1ccccc1. The third-order valence-corrected chi connectivity index (χ3v) is 7.41. The van der Waals surface area contributed by atoms with E-state index in [-0.39, 0.29) is 10.9 Å². The molecule has 0 saturated carbocycles. The molecule has 0 N–H and O–H groups in total. The van der Waals surface area contributed by atoms with Crippen molar-refractivity contribution in [1.29, 1.82) is 0 Å². The van der Waals surface area contributed by atoms with Crippen LogP contribution in [0.2, 0.25) is 0 Å². The highest BCUT2D eigenvalue weighted by Gasteiger charge is 2.31. The van der Waals surface area contributed by atoms with Gasteiger partial charge in [0.25, 0.3) is 0 Å². The third-order valence-electron chi connectivity index (χ3n) is 5.18. The predicted molar refractivity (Wildman–Crippen MR) is 130 cm³/mol. The van der Waals surface area contributed by atoms with Crippen LogP contribution in [-0.4, -0.2) is 5.97 Å². The highest BCUT2D eigenvalue weighted by atomic mass is 32.2. The normalized spacial score (nSPS) is 12.5. The summed E-state index contributed by atoms with van der Waals surface area (Å²) in [7, 11) is -0.271. The number of ether oxygens (including phenoxy) is 1. The molecule has 2 nitrogen and oxygen atoms in total. The summed E-state index contributed by atoms with van der Waals surface area (Å²) in [6, 6.07) is 37.8. The number of carbonyl (C=O) groups excluding carboxylic acids is 1. The Bertz CT molecular complexity index is 1170. The number of benzene rings is 4. The lowest BCUT2D eigenvalue weighted by atomic mass is 9.96. The van der Waals surface area contributed by atoms with E-state index >= 15 is 0 Å². The van der Waals surface area contributed by atoms with Crippen LogP contribution in [0, 0.1) is 12.3 Å². The maximum Gasteiger partial charge on any atom is 0.339 e. The molecule has 0 spiro atoms. The molecule has 0 aliphatic heterocycles. The minimum absolute atomic E-state index is 0.271. The summed E-state index contributed by atoms with van der Waals surface area (Å²) < 4.78 is 5.76. The zero-order valence-electron chi connectivity index (χ0n) is 17.8. The Hall–Kier alpha value is -3.74. The lowest BCUT2D eigenvalue weighted by Gasteiger charge is -2.24. The molecule has 0 fully saturated rings. The number of hydrogen-bond donors (Lipinski definition) is 0. The molecule has 0 radical (unpaired) electrons. The zero-order chi connectivity index (χ0) is 22.4. The van der Waals surface area contributed by atoms with E-state index in [2.05, 4.69) is 30.2 Å². The van der Waals surface area contributed by atoms with E-state index in [1.54, 1.807) is 6.92 Å². The van der Waals surface area contributed by atoms with Crippen molar-refractivity contribution in [1.82, 2.24) is 0 Å². The molecule has 4 aromatic carbocycles. The van der Waals surface area contributed by atoms with Gasteiger partial charge in [-0.15, -0.1) is 6.42 Å². The van der Waals surface area contributed by atoms with Gasteiger partial charge in [0, 0.05) is 5.56 Å². The van der Waals surface area contributed by atoms with Gasteiger partial charge in [-0.25, -0.2) is 4.79 Å². The van der Waals surface area contributed by atoms with Crippen LogP contribution < -0.4 is 0 Å². The van der Waals surface area contributed by atoms with Gasteiger partial charge in [0.15, 0.2) is 20.3 Å². The summed E-state index contributed by atoms with van der Waals surface area (Å²) in [5.41, 5.74) is 0.105. The summed E-state index contributed by atoms with van der Waals surface area (Å²) in [6.45, 7) is 1.73. The minimum atomic E-state index is -1.13. The van der Waals surface area contributed by atoms with Gasteiger partial charge in [-0.05, 0) is 55.5 Å². The number of hydrogen-bond acceptors (Lipinski definition) is 2. The Morgan fingerprint density at radius 1 is 0.719 bits per heavy atom. The van der Waals surface area contributed by atoms with Crippen LogP contribution in [0.5, 0.6) is 0 Å². The highest BCUT2D eigenvalue weighted by molar-refractivity contribution is 7.97. The summed E-state index contributed by atoms with van der Waals surface area (Å²) in [6.07, 6.45) is 5.73. The van der Waals surface area contributed by atoms with E-state index in [9.17, 15) is 4.79 Å². The average Bonchev–Trinajstić information content (AvgIpc) is 2.86. The molecule has 0 aliphatic carbocycles. The smallest absolute Gasteiger partial charge is 0.339 e. The van der Waals surface area contributed by atoms with Gasteiger partial charge in [-0.3, -0.25) is 0 Å². The Labute approximate surface area is 192 Å². The molecular formula is C29H23O2S+. The van der Waals surface area contributed by atoms with Crippen LogP contribution in [0.15, 0.2) is 130 Å². The molecule has 0 saturated heterocycles. The monoisotopic (exact) mass is 435 g/mol. The van der Waals surface area contributed by atoms with Crippen molar-refractivity contribution in [3.8, 4) is 12.3 Å². The van der Waals surface area contributed by atoms with Crippen LogP contribution in [0.25, 0.3) is 0 Å². The van der Waals surface area contributed by atoms with Crippen LogP contribution in [0.1, 0.15) is 22.8 Å². The van der Waals surface area contributed by atoms with Gasteiger partial charge in [0.05, 0.1) is 16.5 Å². The van der Waals surface area contributed by atoms with Crippen LogP contribution >= 0.6 is 0 Å². The minimum Gasteiger partial charge on any atom is -0.438 e. The summed E-state index contributed by atoms with van der Waals surface area (Å²) in [5, 5.41) is 0. The van der Waals surface area contributed by atoms with Gasteiger partial charge in [-0.1, -0.05) is 72.7 Å². The van der Waals surface area contributed by atoms with Crippen molar-refractivity contribution in [2.75, 3.05) is 0 Å². The molecule has 0 heterocycles. The molecule has 0 amide bonds. The van der Waals surface area contributed by atoms with E-state index in [0.717, 1.165) is 10.5 Å². The van der Waals surface area contributed by atoms with Crippen LogP contribution in [-0.2, 0) is 21.2 Å². The summed E-state index contributed by atoms with van der Waals surface area (Å²) >= 11 is 0. The van der Waals surface area contributed by atoms with E-state index in [0.29, 0.717) is 5.56 Å². The fraction of sp³-hybridized carbons (Fsp3) is 0.0690. The molecule has 4 aromatic rings. The Morgan fingerprint density at radius 3 is 1.62 bits per heavy atom. The van der Waals surface area contributed by atoms with E-state index in [1.165, 1.54) is 9.79 Å². The molecule has 0 aliphatic rings. The molecule has 0 bridgehead atoms. The molecule has 3 heteroatoms. The van der Waals surface area contributed by atoms with Gasteiger partial charge in [0.2, 0.25) is 0 Å². The zero-order valence-corrected chi connectivity index (χ0v) is 18.6. The largest absolute Gasteiger partial charge is 0.438 e. The number of rotatable bonds is 6.